The summed E-state index contributed by atoms with van der Waals surface area (Å²) < 4.78 is 5.16. The smallest absolute Gasteiger partial charge is 0.123 e. The van der Waals surface area contributed by atoms with Crippen LogP contribution in [0.15, 0.2) is 4.99 Å². The minimum Gasteiger partial charge on any atom is -0.396 e. The van der Waals surface area contributed by atoms with E-state index in [0.29, 0.717) is 6.61 Å². The van der Waals surface area contributed by atoms with Crippen LogP contribution in [-0.4, -0.2) is 43.9 Å². The summed E-state index contributed by atoms with van der Waals surface area (Å²) in [6.45, 7) is 3.07. The van der Waals surface area contributed by atoms with Crippen LogP contribution in [0.3, 0.4) is 0 Å². The second-order valence-electron chi connectivity index (χ2n) is 2.38. The number of nitrogens with one attached hydrogen (secondary N) is 1. The Hall–Kier alpha value is -0.610. The molecule has 0 unspecified atom stereocenters. The van der Waals surface area contributed by atoms with Gasteiger partial charge in [0, 0.05) is 13.2 Å². The Morgan fingerprint density at radius 1 is 1.64 bits per heavy atom. The molecule has 4 heteroatoms. The van der Waals surface area contributed by atoms with E-state index in [2.05, 4.69) is 10.3 Å². The summed E-state index contributed by atoms with van der Waals surface area (Å²) in [6, 6.07) is 0. The molecule has 0 spiro atoms. The molecule has 0 aromatic heterocycles. The monoisotopic (exact) mass is 158 g/mol. The number of hydrogen-bond donors (Lipinski definition) is 2. The number of nitrogens with zero attached hydrogens (tertiary/aromatic N) is 1. The highest BCUT2D eigenvalue weighted by atomic mass is 16.5. The van der Waals surface area contributed by atoms with Gasteiger partial charge in [-0.3, -0.25) is 4.99 Å². The van der Waals surface area contributed by atoms with Gasteiger partial charge in [0.05, 0.1) is 13.2 Å². The number of hydrogen-bond acceptors (Lipinski definition) is 4. The van der Waals surface area contributed by atoms with Crippen molar-refractivity contribution in [3.05, 3.63) is 0 Å². The van der Waals surface area contributed by atoms with Crippen LogP contribution in [0.5, 0.6) is 0 Å². The highest BCUT2D eigenvalue weighted by Gasteiger charge is 2.02. The van der Waals surface area contributed by atoms with Crippen LogP contribution in [-0.2, 0) is 4.74 Å². The van der Waals surface area contributed by atoms with Gasteiger partial charge in [-0.2, -0.15) is 0 Å². The first-order chi connectivity index (χ1) is 5.43. The Labute approximate surface area is 66.3 Å². The summed E-state index contributed by atoms with van der Waals surface area (Å²) in [7, 11) is 0. The summed E-state index contributed by atoms with van der Waals surface area (Å²) in [6.07, 6.45) is 0.763. The van der Waals surface area contributed by atoms with Gasteiger partial charge < -0.3 is 15.2 Å². The quantitative estimate of drug-likeness (QED) is 0.539. The molecule has 0 saturated carbocycles. The number of aliphatic hydroxyl groups excluding tert-OH is 1. The number of aliphatic imine (C=N–C) groups is 1. The molecular weight excluding hydrogens is 144 g/mol. The van der Waals surface area contributed by atoms with Gasteiger partial charge in [0.15, 0.2) is 0 Å². The van der Waals surface area contributed by atoms with Crippen molar-refractivity contribution in [2.75, 3.05) is 32.9 Å². The third-order valence-electron chi connectivity index (χ3n) is 1.44. The van der Waals surface area contributed by atoms with E-state index in [9.17, 15) is 0 Å². The van der Waals surface area contributed by atoms with Crippen LogP contribution in [0, 0.1) is 0 Å². The first kappa shape index (κ1) is 8.49. The molecule has 0 amide bonds. The minimum atomic E-state index is 0.223. The molecule has 0 aliphatic carbocycles. The van der Waals surface area contributed by atoms with Crippen LogP contribution < -0.4 is 5.32 Å². The summed E-state index contributed by atoms with van der Waals surface area (Å²) >= 11 is 0. The second kappa shape index (κ2) is 5.09. The SMILES string of the molecule is OCCCNC1=NCCOC1. The molecule has 0 aromatic rings. The largest absolute Gasteiger partial charge is 0.396 e. The van der Waals surface area contributed by atoms with E-state index in [1.165, 1.54) is 0 Å². The Bertz CT molecular complexity index is 136. The zero-order valence-corrected chi connectivity index (χ0v) is 6.55. The van der Waals surface area contributed by atoms with Crippen molar-refractivity contribution in [2.24, 2.45) is 4.99 Å². The summed E-state index contributed by atoms with van der Waals surface area (Å²) in [5.74, 6) is 0.907. The van der Waals surface area contributed by atoms with Gasteiger partial charge in [-0.05, 0) is 6.42 Å². The zero-order chi connectivity index (χ0) is 7.94. The molecular formula is C7H14N2O2. The molecule has 2 N–H and O–H groups in total. The lowest BCUT2D eigenvalue weighted by Crippen LogP contribution is -2.32. The molecule has 1 aliphatic heterocycles. The molecule has 11 heavy (non-hydrogen) atoms. The van der Waals surface area contributed by atoms with Crippen LogP contribution in [0.25, 0.3) is 0 Å². The van der Waals surface area contributed by atoms with Gasteiger partial charge >= 0.3 is 0 Å². The van der Waals surface area contributed by atoms with Gasteiger partial charge in [-0.15, -0.1) is 0 Å². The molecule has 0 radical (unpaired) electrons. The molecule has 4 nitrogen and oxygen atoms in total. The Balaban J connectivity index is 2.09. The molecule has 0 atom stereocenters. The Kier molecular flexibility index (Phi) is 3.93. The van der Waals surface area contributed by atoms with Crippen molar-refractivity contribution < 1.29 is 9.84 Å². The summed E-state index contributed by atoms with van der Waals surface area (Å²) in [5, 5.41) is 11.6. The predicted molar refractivity (Wildman–Crippen MR) is 42.8 cm³/mol. The molecule has 1 heterocycles. The predicted octanol–water partition coefficient (Wildman–Crippen LogP) is -0.613. The maximum absolute atomic E-state index is 8.48. The molecule has 0 fully saturated rings. The average Bonchev–Trinajstić information content (AvgIpc) is 2.07. The van der Waals surface area contributed by atoms with Gasteiger partial charge in [0.1, 0.15) is 12.4 Å². The zero-order valence-electron chi connectivity index (χ0n) is 6.55. The van der Waals surface area contributed by atoms with E-state index < -0.39 is 0 Å². The Morgan fingerprint density at radius 2 is 2.55 bits per heavy atom. The number of amidine groups is 1. The highest BCUT2D eigenvalue weighted by molar-refractivity contribution is 5.83. The van der Waals surface area contributed by atoms with Crippen LogP contribution >= 0.6 is 0 Å². The van der Waals surface area contributed by atoms with Crippen LogP contribution in [0.1, 0.15) is 6.42 Å². The van der Waals surface area contributed by atoms with Crippen molar-refractivity contribution in [3.8, 4) is 0 Å². The van der Waals surface area contributed by atoms with Crippen LogP contribution in [0.4, 0.5) is 0 Å². The molecule has 64 valence electrons. The third-order valence-corrected chi connectivity index (χ3v) is 1.44. The van der Waals surface area contributed by atoms with Crippen molar-refractivity contribution in [1.82, 2.24) is 5.32 Å². The summed E-state index contributed by atoms with van der Waals surface area (Å²) in [4.78, 5) is 4.20. The van der Waals surface area contributed by atoms with Crippen molar-refractivity contribution in [2.45, 2.75) is 6.42 Å². The highest BCUT2D eigenvalue weighted by Crippen LogP contribution is 1.88. The number of rotatable bonds is 3. The van der Waals surface area contributed by atoms with Crippen molar-refractivity contribution >= 4 is 5.84 Å². The fraction of sp³-hybridized carbons (Fsp3) is 0.857. The van der Waals surface area contributed by atoms with Gasteiger partial charge in [0.25, 0.3) is 0 Å². The topological polar surface area (TPSA) is 53.8 Å². The lowest BCUT2D eigenvalue weighted by atomic mass is 10.4. The maximum Gasteiger partial charge on any atom is 0.123 e. The Morgan fingerprint density at radius 3 is 3.18 bits per heavy atom. The maximum atomic E-state index is 8.48. The minimum absolute atomic E-state index is 0.223. The van der Waals surface area contributed by atoms with E-state index in [-0.39, 0.29) is 6.61 Å². The first-order valence-corrected chi connectivity index (χ1v) is 3.89. The lowest BCUT2D eigenvalue weighted by Gasteiger charge is -2.13. The number of aliphatic hydroxyl groups is 1. The van der Waals surface area contributed by atoms with Gasteiger partial charge in [0.2, 0.25) is 0 Å². The van der Waals surface area contributed by atoms with Crippen molar-refractivity contribution in [3.63, 3.8) is 0 Å². The molecule has 0 bridgehead atoms. The lowest BCUT2D eigenvalue weighted by molar-refractivity contribution is 0.168. The molecule has 0 aromatic carbocycles. The summed E-state index contributed by atoms with van der Waals surface area (Å²) in [5.41, 5.74) is 0. The molecule has 0 saturated heterocycles. The number of ether oxygens (including phenoxy) is 1. The van der Waals surface area contributed by atoms with E-state index in [0.717, 1.165) is 32.0 Å². The van der Waals surface area contributed by atoms with E-state index in [1.54, 1.807) is 0 Å². The van der Waals surface area contributed by atoms with E-state index in [4.69, 9.17) is 9.84 Å². The molecule has 1 rings (SSSR count). The van der Waals surface area contributed by atoms with Gasteiger partial charge in [-0.1, -0.05) is 0 Å². The molecule has 1 aliphatic rings. The van der Waals surface area contributed by atoms with E-state index >= 15 is 0 Å². The third kappa shape index (κ3) is 3.34. The fourth-order valence-electron chi connectivity index (χ4n) is 0.878. The normalized spacial score (nSPS) is 17.7. The van der Waals surface area contributed by atoms with Crippen molar-refractivity contribution in [1.29, 1.82) is 0 Å². The first-order valence-electron chi connectivity index (χ1n) is 3.89. The average molecular weight is 158 g/mol. The second-order valence-corrected chi connectivity index (χ2v) is 2.38. The van der Waals surface area contributed by atoms with Gasteiger partial charge in [-0.25, -0.2) is 0 Å². The standard InChI is InChI=1S/C7H14N2O2/c10-4-1-2-8-7-6-11-5-3-9-7/h10H,1-6H2,(H,8,9). The van der Waals surface area contributed by atoms with E-state index in [1.807, 2.05) is 0 Å². The van der Waals surface area contributed by atoms with Crippen LogP contribution in [0.2, 0.25) is 0 Å². The fourth-order valence-corrected chi connectivity index (χ4v) is 0.878.